The number of aromatic nitrogens is 8. The molecule has 45 heavy (non-hydrogen) atoms. The smallest absolute Gasteiger partial charge is 0.394 e. The summed E-state index contributed by atoms with van der Waals surface area (Å²) in [6.07, 6.45) is 0. The van der Waals surface area contributed by atoms with E-state index >= 15 is 0 Å². The van der Waals surface area contributed by atoms with Gasteiger partial charge in [0.25, 0.3) is 0 Å². The van der Waals surface area contributed by atoms with Gasteiger partial charge in [0.1, 0.15) is 0 Å². The van der Waals surface area contributed by atoms with Crippen LogP contribution in [0.2, 0.25) is 0 Å². The van der Waals surface area contributed by atoms with Crippen molar-refractivity contribution in [3.05, 3.63) is 97.1 Å². The average molecular weight is 622 g/mol. The van der Waals surface area contributed by atoms with Crippen LogP contribution in [-0.4, -0.2) is 53.3 Å². The molecule has 2 N–H and O–H groups in total. The number of hydrogen-bond acceptors (Lipinski definition) is 8. The Morgan fingerprint density at radius 2 is 0.622 bits per heavy atom. The zero-order valence-electron chi connectivity index (χ0n) is 23.6. The molecular formula is C34H22N8O2Ti. The van der Waals surface area contributed by atoms with Crippen molar-refractivity contribution in [2.45, 2.75) is 0 Å². The summed E-state index contributed by atoms with van der Waals surface area (Å²) in [4.78, 5) is 39.3. The molecule has 214 valence electrons. The number of nitrogens with zero attached hydrogens (tertiary/aromatic N) is 8. The molecule has 0 atom stereocenters. The van der Waals surface area contributed by atoms with E-state index < -0.39 is 0 Å². The zero-order chi connectivity index (χ0) is 29.6. The van der Waals surface area contributed by atoms with Crippen LogP contribution < -0.4 is 9.97 Å². The van der Waals surface area contributed by atoms with Crippen LogP contribution in [0, 0.1) is 0 Å². The van der Waals surface area contributed by atoms with Crippen LogP contribution in [0.15, 0.2) is 97.1 Å². The molecule has 0 amide bonds. The van der Waals surface area contributed by atoms with Crippen LogP contribution in [0.4, 0.5) is 0 Å². The molecule has 0 saturated carbocycles. The molecule has 0 spiro atoms. The molecule has 7 aromatic rings. The van der Waals surface area contributed by atoms with Crippen molar-refractivity contribution in [3.8, 4) is 45.6 Å². The van der Waals surface area contributed by atoms with Crippen molar-refractivity contribution in [3.63, 3.8) is 0 Å². The maximum atomic E-state index is 7.62. The van der Waals surface area contributed by atoms with E-state index in [4.69, 9.17) is 50.1 Å². The predicted molar refractivity (Wildman–Crippen MR) is 168 cm³/mol. The normalized spacial score (nSPS) is 11.3. The van der Waals surface area contributed by atoms with Gasteiger partial charge in [-0.15, -0.1) is 0 Å². The number of hydrogen-bond donors (Lipinski definition) is 2. The fourth-order valence-corrected chi connectivity index (χ4v) is 5.46. The molecule has 11 heteroatoms. The first-order valence-electron chi connectivity index (χ1n) is 14.0. The molecule has 5 heterocycles. The van der Waals surface area contributed by atoms with Crippen molar-refractivity contribution >= 4 is 44.1 Å². The second-order valence-electron chi connectivity index (χ2n) is 10.1. The van der Waals surface area contributed by atoms with Gasteiger partial charge in [-0.2, -0.15) is 0 Å². The van der Waals surface area contributed by atoms with Crippen LogP contribution in [0.5, 0.6) is 0 Å². The third kappa shape index (κ3) is 4.90. The molecule has 0 fully saturated rings. The SMILES string of the molecule is OCCO.[Ti+2].c1ccc2c(c1)-c1nc-2nc2[n-]c(nc3nc(nc4[n-]c(n1)c1ccccc41)-c1ccccc1-3)c1ccccc21. The van der Waals surface area contributed by atoms with Crippen LogP contribution >= 0.6 is 0 Å². The largest absolute Gasteiger partial charge is 2.00 e. The number of aliphatic hydroxyl groups is 2. The third-order valence-corrected chi connectivity index (χ3v) is 7.43. The van der Waals surface area contributed by atoms with E-state index in [1.807, 2.05) is 97.1 Å². The standard InChI is InChI=1S/C32H16N8.C2H6O2.Ti/c1-2-10-18-17(9-1)25-33-26(18)38-28-21-13-5-6-14-22(21)30(35-28)40-32-24-16-8-7-15-23(24)31(36-32)39-29-20-12-4-3-11-19(20)27(34-29)37-25;3-1-2-4;/h1-16H;3-4H,1-2H2;/q-2;;+2. The molecule has 3 aromatic heterocycles. The second-order valence-corrected chi connectivity index (χ2v) is 10.1. The summed E-state index contributed by atoms with van der Waals surface area (Å²) < 4.78 is 0. The van der Waals surface area contributed by atoms with Crippen LogP contribution in [0.1, 0.15) is 0 Å². The molecule has 10 nitrogen and oxygen atoms in total. The minimum atomic E-state index is -0.125. The Kier molecular flexibility index (Phi) is 7.48. The zero-order valence-corrected chi connectivity index (χ0v) is 25.2. The minimum Gasteiger partial charge on any atom is -0.394 e. The number of benzene rings is 4. The fraction of sp³-hybridized carbons (Fsp3) is 0.0588. The monoisotopic (exact) mass is 622 g/mol. The van der Waals surface area contributed by atoms with Gasteiger partial charge in [0.15, 0.2) is 0 Å². The maximum absolute atomic E-state index is 7.62. The van der Waals surface area contributed by atoms with E-state index in [1.54, 1.807) is 0 Å². The second kappa shape index (κ2) is 11.8. The average Bonchev–Trinajstić information content (AvgIpc) is 3.81. The number of aliphatic hydroxyl groups excluding tert-OH is 2. The third-order valence-electron chi connectivity index (χ3n) is 7.43. The van der Waals surface area contributed by atoms with Gasteiger partial charge in [0.2, 0.25) is 0 Å². The van der Waals surface area contributed by atoms with Crippen molar-refractivity contribution in [2.75, 3.05) is 13.2 Å². The van der Waals surface area contributed by atoms with Crippen molar-refractivity contribution in [2.24, 2.45) is 0 Å². The Morgan fingerprint density at radius 1 is 0.378 bits per heavy atom. The quantitative estimate of drug-likeness (QED) is 0.237. The van der Waals surface area contributed by atoms with E-state index in [1.165, 1.54) is 0 Å². The van der Waals surface area contributed by atoms with Gasteiger partial charge >= 0.3 is 21.7 Å². The van der Waals surface area contributed by atoms with E-state index in [9.17, 15) is 0 Å². The van der Waals surface area contributed by atoms with Gasteiger partial charge < -0.3 is 40.1 Å². The minimum absolute atomic E-state index is 0. The number of rotatable bonds is 1. The molecule has 0 aliphatic carbocycles. The molecule has 4 aromatic carbocycles. The van der Waals surface area contributed by atoms with Gasteiger partial charge in [0, 0.05) is 44.8 Å². The molecule has 2 aliphatic heterocycles. The van der Waals surface area contributed by atoms with Crippen molar-refractivity contribution in [1.82, 2.24) is 39.9 Å². The van der Waals surface area contributed by atoms with Crippen LogP contribution in [0.3, 0.4) is 0 Å². The Hall–Kier alpha value is -5.13. The molecule has 0 radical (unpaired) electrons. The van der Waals surface area contributed by atoms with E-state index in [0.29, 0.717) is 45.9 Å². The summed E-state index contributed by atoms with van der Waals surface area (Å²) in [6, 6.07) is 31.8. The summed E-state index contributed by atoms with van der Waals surface area (Å²) in [7, 11) is 0. The predicted octanol–water partition coefficient (Wildman–Crippen LogP) is 5.10. The van der Waals surface area contributed by atoms with Gasteiger partial charge in [-0.05, 0) is 21.5 Å². The summed E-state index contributed by atoms with van der Waals surface area (Å²) in [5, 5.41) is 18.8. The molecule has 8 bridgehead atoms. The van der Waals surface area contributed by atoms with E-state index in [2.05, 4.69) is 0 Å². The topological polar surface area (TPSA) is 146 Å². The molecule has 2 aliphatic rings. The van der Waals surface area contributed by atoms with Crippen molar-refractivity contribution < 1.29 is 31.9 Å². The Labute approximate surface area is 270 Å². The first kappa shape index (κ1) is 28.6. The van der Waals surface area contributed by atoms with Gasteiger partial charge in [0.05, 0.1) is 36.5 Å². The summed E-state index contributed by atoms with van der Waals surface area (Å²) in [5.74, 6) is 2.21. The molecule has 0 unspecified atom stereocenters. The Morgan fingerprint density at radius 3 is 0.867 bits per heavy atom. The van der Waals surface area contributed by atoms with Gasteiger partial charge in [-0.25, -0.2) is 9.97 Å². The first-order chi connectivity index (χ1) is 21.7. The Bertz CT molecular complexity index is 2080. The summed E-state index contributed by atoms with van der Waals surface area (Å²) in [5.41, 5.74) is 5.78. The van der Waals surface area contributed by atoms with Gasteiger partial charge in [-0.1, -0.05) is 97.1 Å². The van der Waals surface area contributed by atoms with E-state index in [-0.39, 0.29) is 34.9 Å². The summed E-state index contributed by atoms with van der Waals surface area (Å²) in [6.45, 7) is -0.250. The molecule has 9 rings (SSSR count). The number of fused-ring (bicyclic) bond motifs is 20. The molecule has 0 saturated heterocycles. The van der Waals surface area contributed by atoms with Crippen LogP contribution in [0.25, 0.3) is 89.7 Å². The summed E-state index contributed by atoms with van der Waals surface area (Å²) >= 11 is 0. The van der Waals surface area contributed by atoms with E-state index in [0.717, 1.165) is 43.8 Å². The maximum Gasteiger partial charge on any atom is 2.00 e. The van der Waals surface area contributed by atoms with Crippen molar-refractivity contribution in [1.29, 1.82) is 0 Å². The Balaban J connectivity index is 0.000000617. The van der Waals surface area contributed by atoms with Crippen LogP contribution in [-0.2, 0) is 21.7 Å². The first-order valence-corrected chi connectivity index (χ1v) is 14.0. The van der Waals surface area contributed by atoms with Gasteiger partial charge in [-0.3, -0.25) is 0 Å². The molecular weight excluding hydrogens is 600 g/mol. The fourth-order valence-electron chi connectivity index (χ4n) is 5.46.